The normalized spacial score (nSPS) is 30.5. The van der Waals surface area contributed by atoms with Gasteiger partial charge in [0.25, 0.3) is 0 Å². The summed E-state index contributed by atoms with van der Waals surface area (Å²) in [5.41, 5.74) is 30.3. The van der Waals surface area contributed by atoms with Gasteiger partial charge in [-0.2, -0.15) is 0 Å². The van der Waals surface area contributed by atoms with Gasteiger partial charge in [0, 0.05) is 40.4 Å². The van der Waals surface area contributed by atoms with Crippen LogP contribution in [0.3, 0.4) is 0 Å². The fraction of sp³-hybridized carbons (Fsp3) is 0.588. The Labute approximate surface area is 426 Å². The molecule has 3 aromatic rings. The molecule has 0 amide bonds. The van der Waals surface area contributed by atoms with Gasteiger partial charge in [0.15, 0.2) is 36.4 Å². The van der Waals surface area contributed by atoms with Crippen LogP contribution in [0.5, 0.6) is 0 Å². The number of hydrogen-bond acceptors (Lipinski definition) is 17. The minimum absolute atomic E-state index is 0.0209. The number of hydrogen-bond donors (Lipinski definition) is 0. The molecular weight excluding hydrogens is 963 g/mol. The van der Waals surface area contributed by atoms with Gasteiger partial charge in [0.2, 0.25) is 0 Å². The molecule has 3 saturated heterocycles. The zero-order chi connectivity index (χ0) is 51.5. The van der Waals surface area contributed by atoms with Gasteiger partial charge in [-0.1, -0.05) is 82.8 Å². The van der Waals surface area contributed by atoms with Crippen molar-refractivity contribution >= 4 is 17.9 Å². The third-order valence-electron chi connectivity index (χ3n) is 14.4. The molecular formula is C51H59N9O14. The molecule has 3 aliphatic heterocycles. The maximum absolute atomic E-state index is 13.9. The van der Waals surface area contributed by atoms with E-state index in [1.807, 2.05) is 6.92 Å². The minimum Gasteiger partial charge on any atom is -0.459 e. The molecule has 6 fully saturated rings. The van der Waals surface area contributed by atoms with E-state index >= 15 is 0 Å². The molecule has 392 valence electrons. The molecule has 3 saturated carbocycles. The maximum atomic E-state index is 13.9. The molecule has 3 aliphatic carbocycles. The summed E-state index contributed by atoms with van der Waals surface area (Å²) in [4.78, 5) is 50.4. The predicted octanol–water partition coefficient (Wildman–Crippen LogP) is 9.11. The van der Waals surface area contributed by atoms with Crippen molar-refractivity contribution < 1.29 is 66.5 Å². The summed E-state index contributed by atoms with van der Waals surface area (Å²) in [7, 11) is 0. The molecule has 3 aromatic carbocycles. The van der Waals surface area contributed by atoms with Crippen LogP contribution in [0.15, 0.2) is 106 Å². The van der Waals surface area contributed by atoms with Gasteiger partial charge < -0.3 is 52.1 Å². The average molecular weight is 1020 g/mol. The van der Waals surface area contributed by atoms with Gasteiger partial charge in [-0.05, 0) is 92.0 Å². The van der Waals surface area contributed by atoms with Crippen molar-refractivity contribution in [3.05, 3.63) is 139 Å². The van der Waals surface area contributed by atoms with E-state index in [-0.39, 0.29) is 29.7 Å². The van der Waals surface area contributed by atoms with Crippen LogP contribution < -0.4 is 0 Å². The second-order valence-corrected chi connectivity index (χ2v) is 19.3. The molecule has 0 aromatic heterocycles. The number of benzene rings is 3. The lowest BCUT2D eigenvalue weighted by Gasteiger charge is -2.47. The first-order chi connectivity index (χ1) is 36.1. The van der Waals surface area contributed by atoms with E-state index in [9.17, 15) is 31.0 Å². The predicted molar refractivity (Wildman–Crippen MR) is 257 cm³/mol. The van der Waals surface area contributed by atoms with Crippen molar-refractivity contribution in [2.75, 3.05) is 19.8 Å². The van der Waals surface area contributed by atoms with Crippen molar-refractivity contribution in [1.29, 1.82) is 0 Å². The molecule has 0 bridgehead atoms. The number of carbonyl (C=O) groups is 3. The van der Waals surface area contributed by atoms with Crippen molar-refractivity contribution in [2.24, 2.45) is 15.3 Å². The molecule has 0 N–H and O–H groups in total. The quantitative estimate of drug-likeness (QED) is 0.0287. The molecule has 2 spiro atoms. The Balaban J connectivity index is 1.04. The minimum atomic E-state index is -1.57. The first-order valence-corrected chi connectivity index (χ1v) is 25.2. The van der Waals surface area contributed by atoms with Crippen LogP contribution >= 0.6 is 0 Å². The van der Waals surface area contributed by atoms with E-state index in [2.05, 4.69) is 30.1 Å². The monoisotopic (exact) mass is 1020 g/mol. The van der Waals surface area contributed by atoms with E-state index < -0.39 is 122 Å². The fourth-order valence-corrected chi connectivity index (χ4v) is 10.7. The van der Waals surface area contributed by atoms with Crippen molar-refractivity contribution in [3.63, 3.8) is 0 Å². The number of carbonyl (C=O) groups excluding carboxylic acids is 3. The molecule has 0 radical (unpaired) electrons. The number of rotatable bonds is 18. The summed E-state index contributed by atoms with van der Waals surface area (Å²) in [6.45, 7) is 0.881. The standard InChI is InChI=1S/C51H59N9O14/c1-31-38(30-66-50(72-31)23-13-5-14-24-50)67-48(71-40-35(55-58-52)27-36(56-59-53)41-43(40)74-51(73-41)25-15-6-16-26-51)37(57-60-54)28-65-49-44(70-47(63)34-21-11-4-12-22-34)42(69-46(62)33-19-9-3-10-20-33)39(68-49)29-64-45(61)32-17-7-2-8-18-32/h2-4,7-12,17-22,31,35-44,48-49H,5-6,13-16,23-30H2,1H3/t31-,35?,36+,37+,38?,39+,40+,41+,42?,43?,44-,48+,49+/m0/s1. The highest BCUT2D eigenvalue weighted by molar-refractivity contribution is 5.91. The molecule has 13 atom stereocenters. The molecule has 6 aliphatic rings. The van der Waals surface area contributed by atoms with Crippen LogP contribution in [0.25, 0.3) is 31.3 Å². The number of esters is 3. The Kier molecular flexibility index (Phi) is 17.3. The third kappa shape index (κ3) is 12.3. The third-order valence-corrected chi connectivity index (χ3v) is 14.4. The van der Waals surface area contributed by atoms with Crippen LogP contribution in [0.4, 0.5) is 0 Å². The highest BCUT2D eigenvalue weighted by Crippen LogP contribution is 2.47. The number of fused-ring (bicyclic) bond motifs is 1. The smallest absolute Gasteiger partial charge is 0.338 e. The fourth-order valence-electron chi connectivity index (χ4n) is 10.7. The van der Waals surface area contributed by atoms with Gasteiger partial charge in [0.05, 0.1) is 60.3 Å². The molecule has 74 heavy (non-hydrogen) atoms. The van der Waals surface area contributed by atoms with E-state index in [0.717, 1.165) is 38.5 Å². The lowest BCUT2D eigenvalue weighted by atomic mass is 9.84. The van der Waals surface area contributed by atoms with Gasteiger partial charge in [-0.25, -0.2) is 14.4 Å². The second kappa shape index (κ2) is 24.4. The van der Waals surface area contributed by atoms with Crippen LogP contribution in [0.1, 0.15) is 109 Å². The highest BCUT2D eigenvalue weighted by atomic mass is 16.8. The molecule has 4 unspecified atom stereocenters. The molecule has 9 rings (SSSR count). The Morgan fingerprint density at radius 2 is 1.20 bits per heavy atom. The first kappa shape index (κ1) is 52.5. The van der Waals surface area contributed by atoms with Gasteiger partial charge >= 0.3 is 17.9 Å². The van der Waals surface area contributed by atoms with E-state index in [1.165, 1.54) is 12.1 Å². The van der Waals surface area contributed by atoms with Gasteiger partial charge in [0.1, 0.15) is 31.0 Å². The van der Waals surface area contributed by atoms with Gasteiger partial charge in [-0.15, -0.1) is 0 Å². The van der Waals surface area contributed by atoms with Gasteiger partial charge in [-0.3, -0.25) is 0 Å². The summed E-state index contributed by atoms with van der Waals surface area (Å²) < 4.78 is 70.8. The Morgan fingerprint density at radius 1 is 0.649 bits per heavy atom. The lowest BCUT2D eigenvalue weighted by Crippen LogP contribution is -2.58. The van der Waals surface area contributed by atoms with Crippen LogP contribution in [-0.2, 0) is 52.1 Å². The number of nitrogens with zero attached hydrogens (tertiary/aromatic N) is 9. The SMILES string of the molecule is C[C@@H]1OC2(CCCCC2)OCC1O[C@H](O[C@@H]1C(N=[N+]=[N-])C[C@@H](N=[N+]=[N-])[C@H]2OC3(CCCCC3)OC12)[C@@H](CO[C@@H]1O[C@H](COC(=O)c2ccccc2)C(OC(=O)c2ccccc2)[C@@H]1OC(=O)c1ccccc1)N=[N+]=[N-]. The molecule has 23 heteroatoms. The van der Waals surface area contributed by atoms with Crippen molar-refractivity contribution in [2.45, 2.75) is 169 Å². The van der Waals surface area contributed by atoms with E-state index in [0.29, 0.717) is 25.7 Å². The maximum Gasteiger partial charge on any atom is 0.338 e. The van der Waals surface area contributed by atoms with E-state index in [1.54, 1.807) is 78.9 Å². The summed E-state index contributed by atoms with van der Waals surface area (Å²) in [5.74, 6) is -4.13. The number of azide groups is 3. The molecule has 23 nitrogen and oxygen atoms in total. The largest absolute Gasteiger partial charge is 0.459 e. The summed E-state index contributed by atoms with van der Waals surface area (Å²) in [5, 5.41) is 12.3. The topological polar surface area (TPSA) is 299 Å². The van der Waals surface area contributed by atoms with Crippen molar-refractivity contribution in [3.8, 4) is 0 Å². The zero-order valence-corrected chi connectivity index (χ0v) is 40.8. The summed E-state index contributed by atoms with van der Waals surface area (Å²) >= 11 is 0. The van der Waals surface area contributed by atoms with Crippen molar-refractivity contribution in [1.82, 2.24) is 0 Å². The molecule has 3 heterocycles. The Hall–Kier alpha value is -6.32. The summed E-state index contributed by atoms with van der Waals surface area (Å²) in [6, 6.07) is 21.2. The van der Waals surface area contributed by atoms with Crippen LogP contribution in [0, 0.1) is 0 Å². The van der Waals surface area contributed by atoms with Crippen LogP contribution in [-0.4, -0.2) is 129 Å². The Bertz CT molecular complexity index is 2540. The van der Waals surface area contributed by atoms with E-state index in [4.69, 9.17) is 52.1 Å². The second-order valence-electron chi connectivity index (χ2n) is 19.3. The average Bonchev–Trinajstić information content (AvgIpc) is 3.95. The van der Waals surface area contributed by atoms with Crippen LogP contribution in [0.2, 0.25) is 0 Å². The Morgan fingerprint density at radius 3 is 1.78 bits per heavy atom. The number of ether oxygens (including phenoxy) is 11. The lowest BCUT2D eigenvalue weighted by molar-refractivity contribution is -0.353. The highest BCUT2D eigenvalue weighted by Gasteiger charge is 2.59. The first-order valence-electron chi connectivity index (χ1n) is 25.2. The summed E-state index contributed by atoms with van der Waals surface area (Å²) in [6.07, 6.45) is -3.47. The zero-order valence-electron chi connectivity index (χ0n) is 40.8.